The Bertz CT molecular complexity index is 930. The summed E-state index contributed by atoms with van der Waals surface area (Å²) in [5, 5.41) is 0.196. The fraction of sp³-hybridized carbons (Fsp3) is 0.368. The van der Waals surface area contributed by atoms with E-state index in [0.29, 0.717) is 25.3 Å². The summed E-state index contributed by atoms with van der Waals surface area (Å²) in [5.74, 6) is 1.49. The Morgan fingerprint density at radius 1 is 1.03 bits per heavy atom. The molecule has 0 spiro atoms. The van der Waals surface area contributed by atoms with Crippen molar-refractivity contribution >= 4 is 50.9 Å². The monoisotopic (exact) mass is 473 g/mol. The Morgan fingerprint density at radius 2 is 1.72 bits per heavy atom. The van der Waals surface area contributed by atoms with Crippen molar-refractivity contribution < 1.29 is 13.2 Å². The molecule has 29 heavy (non-hydrogen) atoms. The van der Waals surface area contributed by atoms with Gasteiger partial charge < -0.3 is 4.90 Å². The van der Waals surface area contributed by atoms with Crippen LogP contribution in [0.15, 0.2) is 47.5 Å². The molecule has 0 aliphatic carbocycles. The number of pyridine rings is 1. The maximum absolute atomic E-state index is 12.9. The maximum Gasteiger partial charge on any atom is 0.246 e. The van der Waals surface area contributed by atoms with E-state index < -0.39 is 10.0 Å². The van der Waals surface area contributed by atoms with Crippen LogP contribution in [0.1, 0.15) is 12.1 Å². The third-order valence-corrected chi connectivity index (χ3v) is 8.39. The van der Waals surface area contributed by atoms with E-state index in [1.165, 1.54) is 16.4 Å². The molecule has 2 heterocycles. The average Bonchev–Trinajstić information content (AvgIpc) is 2.71. The number of carbonyl (C=O) groups excluding carboxylic acids is 1. The number of rotatable bonds is 7. The largest absolute Gasteiger partial charge is 0.340 e. The van der Waals surface area contributed by atoms with Crippen molar-refractivity contribution in [2.45, 2.75) is 17.1 Å². The van der Waals surface area contributed by atoms with Gasteiger partial charge in [0, 0.05) is 50.3 Å². The molecule has 0 atom stereocenters. The average molecular weight is 474 g/mol. The Kier molecular flexibility index (Phi) is 7.81. The van der Waals surface area contributed by atoms with E-state index in [1.807, 2.05) is 18.2 Å². The molecule has 0 saturated carbocycles. The van der Waals surface area contributed by atoms with Crippen molar-refractivity contribution in [1.82, 2.24) is 14.2 Å². The highest BCUT2D eigenvalue weighted by atomic mass is 35.5. The number of sulfonamides is 1. The van der Waals surface area contributed by atoms with Crippen LogP contribution < -0.4 is 0 Å². The molecule has 0 unspecified atom stereocenters. The highest BCUT2D eigenvalue weighted by Gasteiger charge is 2.32. The Labute approximate surface area is 185 Å². The Hall–Kier alpha value is -1.32. The van der Waals surface area contributed by atoms with E-state index in [4.69, 9.17) is 23.2 Å². The van der Waals surface area contributed by atoms with E-state index in [0.717, 1.165) is 11.4 Å². The first kappa shape index (κ1) is 22.4. The zero-order chi connectivity index (χ0) is 20.9. The van der Waals surface area contributed by atoms with E-state index in [1.54, 1.807) is 28.9 Å². The molecule has 1 aliphatic heterocycles. The summed E-state index contributed by atoms with van der Waals surface area (Å²) in [4.78, 5) is 18.3. The summed E-state index contributed by atoms with van der Waals surface area (Å²) in [6.45, 7) is 1.14. The Balaban J connectivity index is 1.49. The second-order valence-corrected chi connectivity index (χ2v) is 10.3. The highest BCUT2D eigenvalue weighted by molar-refractivity contribution is 7.98. The van der Waals surface area contributed by atoms with Crippen molar-refractivity contribution in [3.8, 4) is 0 Å². The van der Waals surface area contributed by atoms with Crippen LogP contribution in [-0.4, -0.2) is 60.4 Å². The molecule has 1 aliphatic rings. The Morgan fingerprint density at radius 3 is 2.34 bits per heavy atom. The van der Waals surface area contributed by atoms with Crippen LogP contribution in [0.25, 0.3) is 0 Å². The normalized spacial score (nSPS) is 15.4. The van der Waals surface area contributed by atoms with Gasteiger partial charge in [0.15, 0.2) is 0 Å². The number of benzene rings is 1. The summed E-state index contributed by atoms with van der Waals surface area (Å²) >= 11 is 13.8. The third kappa shape index (κ3) is 5.64. The SMILES string of the molecule is O=C(CCSCc1ccccn1)N1CCN(S(=O)(=O)c2c(Cl)cccc2Cl)CC1. The molecule has 1 fully saturated rings. The molecule has 10 heteroatoms. The van der Waals surface area contributed by atoms with Gasteiger partial charge in [0.05, 0.1) is 15.7 Å². The second kappa shape index (κ2) is 10.1. The topological polar surface area (TPSA) is 70.6 Å². The predicted molar refractivity (Wildman–Crippen MR) is 117 cm³/mol. The van der Waals surface area contributed by atoms with Gasteiger partial charge in [0.1, 0.15) is 4.90 Å². The van der Waals surface area contributed by atoms with Gasteiger partial charge in [-0.15, -0.1) is 0 Å². The van der Waals surface area contributed by atoms with Gasteiger partial charge in [-0.05, 0) is 24.3 Å². The lowest BCUT2D eigenvalue weighted by Gasteiger charge is -2.34. The number of carbonyl (C=O) groups is 1. The lowest BCUT2D eigenvalue weighted by molar-refractivity contribution is -0.131. The van der Waals surface area contributed by atoms with Crippen LogP contribution in [0.5, 0.6) is 0 Å². The predicted octanol–water partition coefficient (Wildman–Crippen LogP) is 3.54. The fourth-order valence-corrected chi connectivity index (χ4v) is 6.37. The smallest absolute Gasteiger partial charge is 0.246 e. The van der Waals surface area contributed by atoms with Crippen LogP contribution in [0, 0.1) is 0 Å². The zero-order valence-electron chi connectivity index (χ0n) is 15.6. The fourth-order valence-electron chi connectivity index (χ4n) is 3.01. The summed E-state index contributed by atoms with van der Waals surface area (Å²) in [5.41, 5.74) is 0.988. The van der Waals surface area contributed by atoms with Gasteiger partial charge in [-0.3, -0.25) is 9.78 Å². The van der Waals surface area contributed by atoms with Gasteiger partial charge in [-0.25, -0.2) is 8.42 Å². The quantitative estimate of drug-likeness (QED) is 0.575. The molecule has 0 N–H and O–H groups in total. The minimum absolute atomic E-state index is 0.0337. The number of nitrogens with zero attached hydrogens (tertiary/aromatic N) is 3. The molecular weight excluding hydrogens is 453 g/mol. The number of aromatic nitrogens is 1. The number of hydrogen-bond donors (Lipinski definition) is 0. The first-order valence-corrected chi connectivity index (χ1v) is 12.4. The van der Waals surface area contributed by atoms with Crippen molar-refractivity contribution in [3.63, 3.8) is 0 Å². The summed E-state index contributed by atoms with van der Waals surface area (Å²) in [6.07, 6.45) is 2.17. The number of thioether (sulfide) groups is 1. The van der Waals surface area contributed by atoms with E-state index >= 15 is 0 Å². The number of piperazine rings is 1. The summed E-state index contributed by atoms with van der Waals surface area (Å²) in [7, 11) is -3.80. The molecule has 1 aromatic heterocycles. The molecule has 0 bridgehead atoms. The van der Waals surface area contributed by atoms with Crippen molar-refractivity contribution in [2.75, 3.05) is 31.9 Å². The van der Waals surface area contributed by atoms with Crippen molar-refractivity contribution in [1.29, 1.82) is 0 Å². The van der Waals surface area contributed by atoms with Crippen LogP contribution in [0.4, 0.5) is 0 Å². The number of halogens is 2. The first-order chi connectivity index (χ1) is 13.9. The van der Waals surface area contributed by atoms with Gasteiger partial charge in [-0.1, -0.05) is 35.3 Å². The molecule has 6 nitrogen and oxygen atoms in total. The minimum atomic E-state index is -3.80. The van der Waals surface area contributed by atoms with Crippen molar-refractivity contribution in [3.05, 3.63) is 58.3 Å². The number of amides is 1. The third-order valence-electron chi connectivity index (χ3n) is 4.54. The standard InChI is InChI=1S/C19H21Cl2N3O3S2/c20-16-5-3-6-17(21)19(16)29(26,27)24-11-9-23(10-12-24)18(25)7-13-28-14-15-4-1-2-8-22-15/h1-6,8H,7,9-14H2. The summed E-state index contributed by atoms with van der Waals surface area (Å²) in [6, 6.07) is 10.4. The van der Waals surface area contributed by atoms with Crippen LogP contribution in [0.2, 0.25) is 10.0 Å². The molecule has 2 aromatic rings. The lowest BCUT2D eigenvalue weighted by Crippen LogP contribution is -2.50. The second-order valence-electron chi connectivity index (χ2n) is 6.46. The van der Waals surface area contributed by atoms with Gasteiger partial charge >= 0.3 is 0 Å². The van der Waals surface area contributed by atoms with Gasteiger partial charge in [0.25, 0.3) is 0 Å². The van der Waals surface area contributed by atoms with E-state index in [-0.39, 0.29) is 33.9 Å². The van der Waals surface area contributed by atoms with Crippen LogP contribution in [-0.2, 0) is 20.6 Å². The first-order valence-electron chi connectivity index (χ1n) is 9.09. The number of hydrogen-bond acceptors (Lipinski definition) is 5. The molecule has 1 amide bonds. The maximum atomic E-state index is 12.9. The van der Waals surface area contributed by atoms with E-state index in [9.17, 15) is 13.2 Å². The zero-order valence-corrected chi connectivity index (χ0v) is 18.8. The molecular formula is C19H21Cl2N3O3S2. The molecule has 0 radical (unpaired) electrons. The molecule has 1 aromatic carbocycles. The minimum Gasteiger partial charge on any atom is -0.340 e. The van der Waals surface area contributed by atoms with E-state index in [2.05, 4.69) is 4.98 Å². The molecule has 3 rings (SSSR count). The van der Waals surface area contributed by atoms with Crippen molar-refractivity contribution in [2.24, 2.45) is 0 Å². The summed E-state index contributed by atoms with van der Waals surface area (Å²) < 4.78 is 27.1. The van der Waals surface area contributed by atoms with Crippen LogP contribution >= 0.6 is 35.0 Å². The highest BCUT2D eigenvalue weighted by Crippen LogP contribution is 2.31. The van der Waals surface area contributed by atoms with Gasteiger partial charge in [0.2, 0.25) is 15.9 Å². The lowest BCUT2D eigenvalue weighted by atomic mass is 10.3. The van der Waals surface area contributed by atoms with Gasteiger partial charge in [-0.2, -0.15) is 16.1 Å². The molecule has 156 valence electrons. The molecule has 1 saturated heterocycles. The van der Waals surface area contributed by atoms with Crippen LogP contribution in [0.3, 0.4) is 0 Å².